The third-order valence-corrected chi connectivity index (χ3v) is 4.07. The minimum Gasteiger partial charge on any atom is -0.398 e. The molecular formula is C15H21FN2O. The Hall–Kier alpha value is -1.58. The molecule has 1 amide bonds. The zero-order chi connectivity index (χ0) is 14.0. The highest BCUT2D eigenvalue weighted by molar-refractivity contribution is 5.99. The van der Waals surface area contributed by atoms with E-state index in [-0.39, 0.29) is 23.1 Å². The van der Waals surface area contributed by atoms with E-state index in [1.54, 1.807) is 0 Å². The SMILES string of the molecule is CC1(C)CCCCC1NC(=O)c1ccc(F)cc1N. The molecule has 4 heteroatoms. The van der Waals surface area contributed by atoms with Crippen molar-refractivity contribution in [3.05, 3.63) is 29.6 Å². The standard InChI is InChI=1S/C15H21FN2O/c1-15(2)8-4-3-5-13(15)18-14(19)11-7-6-10(16)9-12(11)17/h6-7,9,13H,3-5,8,17H2,1-2H3,(H,18,19). The van der Waals surface area contributed by atoms with Crippen molar-refractivity contribution >= 4 is 11.6 Å². The van der Waals surface area contributed by atoms with Crippen LogP contribution < -0.4 is 11.1 Å². The van der Waals surface area contributed by atoms with Gasteiger partial charge in [0.2, 0.25) is 0 Å². The second-order valence-electron chi connectivity index (χ2n) is 5.99. The Morgan fingerprint density at radius 1 is 1.42 bits per heavy atom. The van der Waals surface area contributed by atoms with E-state index in [2.05, 4.69) is 19.2 Å². The summed E-state index contributed by atoms with van der Waals surface area (Å²) in [5.41, 5.74) is 6.33. The first-order valence-corrected chi connectivity index (χ1v) is 6.76. The number of nitrogen functional groups attached to an aromatic ring is 1. The lowest BCUT2D eigenvalue weighted by Crippen LogP contribution is -2.46. The second kappa shape index (κ2) is 5.19. The molecule has 0 heterocycles. The van der Waals surface area contributed by atoms with E-state index in [9.17, 15) is 9.18 Å². The molecule has 104 valence electrons. The Bertz CT molecular complexity index is 485. The first-order valence-electron chi connectivity index (χ1n) is 6.76. The topological polar surface area (TPSA) is 55.1 Å². The number of carbonyl (C=O) groups excluding carboxylic acids is 1. The summed E-state index contributed by atoms with van der Waals surface area (Å²) in [6.45, 7) is 4.34. The molecule has 0 aliphatic heterocycles. The number of anilines is 1. The maximum absolute atomic E-state index is 13.0. The van der Waals surface area contributed by atoms with Gasteiger partial charge in [-0.1, -0.05) is 26.7 Å². The average Bonchev–Trinajstić information content (AvgIpc) is 2.31. The van der Waals surface area contributed by atoms with E-state index < -0.39 is 5.82 Å². The molecule has 1 atom stereocenters. The van der Waals surface area contributed by atoms with Crippen molar-refractivity contribution in [1.82, 2.24) is 5.32 Å². The highest BCUT2D eigenvalue weighted by atomic mass is 19.1. The summed E-state index contributed by atoms with van der Waals surface area (Å²) in [5, 5.41) is 3.04. The van der Waals surface area contributed by atoms with Crippen molar-refractivity contribution in [2.45, 2.75) is 45.6 Å². The van der Waals surface area contributed by atoms with Gasteiger partial charge in [-0.2, -0.15) is 0 Å². The molecule has 2 rings (SSSR count). The van der Waals surface area contributed by atoms with E-state index in [0.717, 1.165) is 19.3 Å². The molecule has 3 nitrogen and oxygen atoms in total. The molecule has 1 fully saturated rings. The molecule has 1 aliphatic rings. The monoisotopic (exact) mass is 264 g/mol. The first kappa shape index (κ1) is 13.8. The van der Waals surface area contributed by atoms with Crippen molar-refractivity contribution < 1.29 is 9.18 Å². The van der Waals surface area contributed by atoms with Crippen LogP contribution in [0.3, 0.4) is 0 Å². The average molecular weight is 264 g/mol. The zero-order valence-electron chi connectivity index (χ0n) is 11.5. The van der Waals surface area contributed by atoms with Crippen LogP contribution in [0, 0.1) is 11.2 Å². The summed E-state index contributed by atoms with van der Waals surface area (Å²) in [7, 11) is 0. The van der Waals surface area contributed by atoms with Gasteiger partial charge in [-0.25, -0.2) is 4.39 Å². The Morgan fingerprint density at radius 3 is 2.79 bits per heavy atom. The van der Waals surface area contributed by atoms with Crippen LogP contribution in [0.25, 0.3) is 0 Å². The number of hydrogen-bond donors (Lipinski definition) is 2. The predicted molar refractivity (Wildman–Crippen MR) is 74.3 cm³/mol. The predicted octanol–water partition coefficient (Wildman–Crippen LogP) is 3.11. The van der Waals surface area contributed by atoms with E-state index in [1.807, 2.05) is 0 Å². The lowest BCUT2D eigenvalue weighted by molar-refractivity contribution is 0.0854. The number of halogens is 1. The molecule has 19 heavy (non-hydrogen) atoms. The van der Waals surface area contributed by atoms with Gasteiger partial charge in [-0.15, -0.1) is 0 Å². The number of amides is 1. The fourth-order valence-electron chi connectivity index (χ4n) is 2.74. The van der Waals surface area contributed by atoms with Crippen LogP contribution in [0.2, 0.25) is 0 Å². The highest BCUT2D eigenvalue weighted by Gasteiger charge is 2.33. The number of hydrogen-bond acceptors (Lipinski definition) is 2. The van der Waals surface area contributed by atoms with Gasteiger partial charge in [0.1, 0.15) is 5.82 Å². The smallest absolute Gasteiger partial charge is 0.253 e. The molecule has 0 bridgehead atoms. The molecule has 1 unspecified atom stereocenters. The normalized spacial score (nSPS) is 21.9. The van der Waals surface area contributed by atoms with Crippen molar-refractivity contribution in [2.75, 3.05) is 5.73 Å². The molecule has 1 aliphatic carbocycles. The molecule has 0 radical (unpaired) electrons. The Balaban J connectivity index is 2.12. The van der Waals surface area contributed by atoms with Crippen LogP contribution in [0.4, 0.5) is 10.1 Å². The van der Waals surface area contributed by atoms with Crippen LogP contribution in [0.15, 0.2) is 18.2 Å². The zero-order valence-corrected chi connectivity index (χ0v) is 11.5. The lowest BCUT2D eigenvalue weighted by Gasteiger charge is -2.39. The maximum atomic E-state index is 13.0. The van der Waals surface area contributed by atoms with Gasteiger partial charge < -0.3 is 11.1 Å². The fraction of sp³-hybridized carbons (Fsp3) is 0.533. The summed E-state index contributed by atoms with van der Waals surface area (Å²) in [4.78, 5) is 12.2. The molecule has 3 N–H and O–H groups in total. The summed E-state index contributed by atoms with van der Waals surface area (Å²) in [5.74, 6) is -0.635. The molecule has 0 saturated heterocycles. The van der Waals surface area contributed by atoms with Crippen LogP contribution in [-0.2, 0) is 0 Å². The van der Waals surface area contributed by atoms with E-state index in [1.165, 1.54) is 24.6 Å². The van der Waals surface area contributed by atoms with E-state index >= 15 is 0 Å². The van der Waals surface area contributed by atoms with Crippen LogP contribution in [0.5, 0.6) is 0 Å². The number of rotatable bonds is 2. The van der Waals surface area contributed by atoms with Crippen LogP contribution >= 0.6 is 0 Å². The molecule has 1 aromatic rings. The Labute approximate surface area is 113 Å². The van der Waals surface area contributed by atoms with Gasteiger partial charge in [-0.05, 0) is 36.5 Å². The number of nitrogens with one attached hydrogen (secondary N) is 1. The van der Waals surface area contributed by atoms with E-state index in [4.69, 9.17) is 5.73 Å². The van der Waals surface area contributed by atoms with Gasteiger partial charge >= 0.3 is 0 Å². The van der Waals surface area contributed by atoms with Crippen LogP contribution in [-0.4, -0.2) is 11.9 Å². The fourth-order valence-corrected chi connectivity index (χ4v) is 2.74. The first-order chi connectivity index (χ1) is 8.90. The maximum Gasteiger partial charge on any atom is 0.253 e. The van der Waals surface area contributed by atoms with Gasteiger partial charge in [-0.3, -0.25) is 4.79 Å². The van der Waals surface area contributed by atoms with Crippen LogP contribution in [0.1, 0.15) is 49.9 Å². The summed E-state index contributed by atoms with van der Waals surface area (Å²) >= 11 is 0. The number of carbonyl (C=O) groups is 1. The Morgan fingerprint density at radius 2 is 2.16 bits per heavy atom. The van der Waals surface area contributed by atoms with Crippen molar-refractivity contribution in [3.63, 3.8) is 0 Å². The van der Waals surface area contributed by atoms with Crippen molar-refractivity contribution in [1.29, 1.82) is 0 Å². The molecule has 1 saturated carbocycles. The lowest BCUT2D eigenvalue weighted by atomic mass is 9.73. The number of benzene rings is 1. The number of nitrogens with two attached hydrogens (primary N) is 1. The van der Waals surface area contributed by atoms with Gasteiger partial charge in [0.15, 0.2) is 0 Å². The second-order valence-corrected chi connectivity index (χ2v) is 5.99. The van der Waals surface area contributed by atoms with Crippen molar-refractivity contribution in [3.8, 4) is 0 Å². The van der Waals surface area contributed by atoms with Gasteiger partial charge in [0.25, 0.3) is 5.91 Å². The summed E-state index contributed by atoms with van der Waals surface area (Å²) in [6.07, 6.45) is 4.43. The van der Waals surface area contributed by atoms with Gasteiger partial charge in [0.05, 0.1) is 5.56 Å². The molecule has 1 aromatic carbocycles. The molecule has 0 spiro atoms. The minimum absolute atomic E-state index is 0.0999. The largest absolute Gasteiger partial charge is 0.398 e. The van der Waals surface area contributed by atoms with E-state index in [0.29, 0.717) is 5.56 Å². The quantitative estimate of drug-likeness (QED) is 0.806. The summed E-state index contributed by atoms with van der Waals surface area (Å²) in [6, 6.07) is 4.03. The minimum atomic E-state index is -0.424. The third kappa shape index (κ3) is 3.06. The molecular weight excluding hydrogens is 243 g/mol. The Kier molecular flexibility index (Phi) is 3.78. The van der Waals surface area contributed by atoms with Gasteiger partial charge in [0, 0.05) is 11.7 Å². The molecule has 0 aromatic heterocycles. The summed E-state index contributed by atoms with van der Waals surface area (Å²) < 4.78 is 13.0. The van der Waals surface area contributed by atoms with Crippen molar-refractivity contribution in [2.24, 2.45) is 5.41 Å². The third-order valence-electron chi connectivity index (χ3n) is 4.07. The highest BCUT2D eigenvalue weighted by Crippen LogP contribution is 2.35.